The minimum Gasteiger partial charge on any atom is -0.372 e. The molecular formula is C18H23ClN2. The van der Waals surface area contributed by atoms with Crippen LogP contribution in [0, 0.1) is 6.92 Å². The van der Waals surface area contributed by atoms with Crippen molar-refractivity contribution in [3.05, 3.63) is 64.7 Å². The second-order valence-electron chi connectivity index (χ2n) is 5.32. The van der Waals surface area contributed by atoms with Crippen LogP contribution in [-0.2, 0) is 0 Å². The van der Waals surface area contributed by atoms with E-state index in [2.05, 4.69) is 43.0 Å². The van der Waals surface area contributed by atoms with Gasteiger partial charge in [-0.25, -0.2) is 0 Å². The highest BCUT2D eigenvalue weighted by molar-refractivity contribution is 6.30. The van der Waals surface area contributed by atoms with E-state index in [-0.39, 0.29) is 6.04 Å². The number of anilines is 1. The van der Waals surface area contributed by atoms with Crippen molar-refractivity contribution >= 4 is 17.3 Å². The SMILES string of the molecule is CCN(CCC(N)c1cccc(Cl)c1)c1ccccc1C. The van der Waals surface area contributed by atoms with Crippen molar-refractivity contribution in [2.75, 3.05) is 18.0 Å². The quantitative estimate of drug-likeness (QED) is 0.847. The fraction of sp³-hybridized carbons (Fsp3) is 0.333. The lowest BCUT2D eigenvalue weighted by molar-refractivity contribution is 0.631. The first kappa shape index (κ1) is 15.9. The average molecular weight is 303 g/mol. The molecule has 0 aliphatic carbocycles. The third-order valence-electron chi connectivity index (χ3n) is 3.82. The molecule has 112 valence electrons. The molecule has 2 N–H and O–H groups in total. The topological polar surface area (TPSA) is 29.3 Å². The molecular weight excluding hydrogens is 280 g/mol. The molecule has 3 heteroatoms. The molecule has 0 aliphatic heterocycles. The second kappa shape index (κ2) is 7.48. The van der Waals surface area contributed by atoms with E-state index in [1.165, 1.54) is 11.3 Å². The zero-order valence-electron chi connectivity index (χ0n) is 12.7. The van der Waals surface area contributed by atoms with Gasteiger partial charge in [0.2, 0.25) is 0 Å². The van der Waals surface area contributed by atoms with Gasteiger partial charge in [0.05, 0.1) is 0 Å². The summed E-state index contributed by atoms with van der Waals surface area (Å²) in [4.78, 5) is 2.37. The van der Waals surface area contributed by atoms with Gasteiger partial charge in [0.25, 0.3) is 0 Å². The number of halogens is 1. The average Bonchev–Trinajstić information content (AvgIpc) is 2.49. The predicted octanol–water partition coefficient (Wildman–Crippen LogP) is 4.56. The standard InChI is InChI=1S/C18H23ClN2/c1-3-21(18-10-5-4-7-14(18)2)12-11-17(20)15-8-6-9-16(19)13-15/h4-10,13,17H,3,11-12,20H2,1-2H3. The van der Waals surface area contributed by atoms with E-state index in [0.29, 0.717) is 0 Å². The first-order chi connectivity index (χ1) is 10.1. The van der Waals surface area contributed by atoms with Gasteiger partial charge in [-0.05, 0) is 49.6 Å². The highest BCUT2D eigenvalue weighted by Gasteiger charge is 2.11. The number of para-hydroxylation sites is 1. The Morgan fingerprint density at radius 2 is 1.90 bits per heavy atom. The molecule has 1 unspecified atom stereocenters. The molecule has 2 rings (SSSR count). The molecule has 0 saturated heterocycles. The molecule has 0 fully saturated rings. The minimum atomic E-state index is 0.0155. The summed E-state index contributed by atoms with van der Waals surface area (Å²) in [6.07, 6.45) is 0.905. The van der Waals surface area contributed by atoms with Crippen molar-refractivity contribution in [3.63, 3.8) is 0 Å². The first-order valence-corrected chi connectivity index (χ1v) is 7.81. The molecule has 0 bridgehead atoms. The highest BCUT2D eigenvalue weighted by atomic mass is 35.5. The van der Waals surface area contributed by atoms with Gasteiger partial charge in [-0.2, -0.15) is 0 Å². The van der Waals surface area contributed by atoms with Crippen LogP contribution in [0.5, 0.6) is 0 Å². The summed E-state index contributed by atoms with van der Waals surface area (Å²) in [6, 6.07) is 16.3. The van der Waals surface area contributed by atoms with Crippen molar-refractivity contribution in [2.45, 2.75) is 26.3 Å². The fourth-order valence-corrected chi connectivity index (χ4v) is 2.76. The van der Waals surface area contributed by atoms with Crippen LogP contribution in [0.1, 0.15) is 30.5 Å². The summed E-state index contributed by atoms with van der Waals surface area (Å²) in [5.74, 6) is 0. The molecule has 0 saturated carbocycles. The number of rotatable bonds is 6. The van der Waals surface area contributed by atoms with Crippen LogP contribution >= 0.6 is 11.6 Å². The molecule has 0 aromatic heterocycles. The fourth-order valence-electron chi connectivity index (χ4n) is 2.57. The maximum absolute atomic E-state index is 6.30. The second-order valence-corrected chi connectivity index (χ2v) is 5.75. The lowest BCUT2D eigenvalue weighted by atomic mass is 10.0. The summed E-state index contributed by atoms with van der Waals surface area (Å²) in [7, 11) is 0. The third kappa shape index (κ3) is 4.23. The van der Waals surface area contributed by atoms with Crippen LogP contribution in [0.3, 0.4) is 0 Å². The number of benzene rings is 2. The third-order valence-corrected chi connectivity index (χ3v) is 4.06. The Bertz CT molecular complexity index is 583. The zero-order valence-corrected chi connectivity index (χ0v) is 13.5. The molecule has 2 nitrogen and oxygen atoms in total. The largest absolute Gasteiger partial charge is 0.372 e. The van der Waals surface area contributed by atoms with E-state index in [4.69, 9.17) is 17.3 Å². The van der Waals surface area contributed by atoms with Crippen molar-refractivity contribution in [2.24, 2.45) is 5.73 Å². The number of hydrogen-bond acceptors (Lipinski definition) is 2. The van der Waals surface area contributed by atoms with E-state index in [1.807, 2.05) is 24.3 Å². The van der Waals surface area contributed by atoms with Gasteiger partial charge in [-0.3, -0.25) is 0 Å². The van der Waals surface area contributed by atoms with E-state index >= 15 is 0 Å². The monoisotopic (exact) mass is 302 g/mol. The molecule has 1 atom stereocenters. The van der Waals surface area contributed by atoms with Crippen LogP contribution in [0.4, 0.5) is 5.69 Å². The molecule has 21 heavy (non-hydrogen) atoms. The van der Waals surface area contributed by atoms with Crippen molar-refractivity contribution < 1.29 is 0 Å². The number of aryl methyl sites for hydroxylation is 1. The van der Waals surface area contributed by atoms with Gasteiger partial charge in [-0.15, -0.1) is 0 Å². The van der Waals surface area contributed by atoms with Crippen LogP contribution in [0.15, 0.2) is 48.5 Å². The van der Waals surface area contributed by atoms with Gasteiger partial charge in [0.15, 0.2) is 0 Å². The Balaban J connectivity index is 2.02. The first-order valence-electron chi connectivity index (χ1n) is 7.43. The Kier molecular flexibility index (Phi) is 5.66. The normalized spacial score (nSPS) is 12.2. The summed E-state index contributed by atoms with van der Waals surface area (Å²) in [6.45, 7) is 6.24. The van der Waals surface area contributed by atoms with Crippen LogP contribution in [-0.4, -0.2) is 13.1 Å². The lowest BCUT2D eigenvalue weighted by Crippen LogP contribution is -2.27. The Hall–Kier alpha value is -1.51. The molecule has 0 heterocycles. The molecule has 0 aliphatic rings. The van der Waals surface area contributed by atoms with Crippen molar-refractivity contribution in [1.29, 1.82) is 0 Å². The van der Waals surface area contributed by atoms with Gasteiger partial charge in [0, 0.05) is 29.8 Å². The summed E-state index contributed by atoms with van der Waals surface area (Å²) >= 11 is 6.03. The van der Waals surface area contributed by atoms with Crippen molar-refractivity contribution in [1.82, 2.24) is 0 Å². The van der Waals surface area contributed by atoms with E-state index < -0.39 is 0 Å². The van der Waals surface area contributed by atoms with Crippen molar-refractivity contribution in [3.8, 4) is 0 Å². The molecule has 0 amide bonds. The highest BCUT2D eigenvalue weighted by Crippen LogP contribution is 2.22. The van der Waals surface area contributed by atoms with E-state index in [1.54, 1.807) is 0 Å². The maximum atomic E-state index is 6.30. The van der Waals surface area contributed by atoms with E-state index in [0.717, 1.165) is 30.1 Å². The van der Waals surface area contributed by atoms with Gasteiger partial charge < -0.3 is 10.6 Å². The Morgan fingerprint density at radius 3 is 2.57 bits per heavy atom. The zero-order chi connectivity index (χ0) is 15.2. The predicted molar refractivity (Wildman–Crippen MR) is 92.1 cm³/mol. The van der Waals surface area contributed by atoms with Gasteiger partial charge >= 0.3 is 0 Å². The number of hydrogen-bond donors (Lipinski definition) is 1. The summed E-state index contributed by atoms with van der Waals surface area (Å²) in [5.41, 5.74) is 9.99. The smallest absolute Gasteiger partial charge is 0.0409 e. The Labute approximate surface area is 132 Å². The van der Waals surface area contributed by atoms with Crippen LogP contribution < -0.4 is 10.6 Å². The lowest BCUT2D eigenvalue weighted by Gasteiger charge is -2.26. The summed E-state index contributed by atoms with van der Waals surface area (Å²) in [5, 5.41) is 0.745. The van der Waals surface area contributed by atoms with E-state index in [9.17, 15) is 0 Å². The maximum Gasteiger partial charge on any atom is 0.0409 e. The van der Waals surface area contributed by atoms with Gasteiger partial charge in [0.1, 0.15) is 0 Å². The molecule has 2 aromatic carbocycles. The number of nitrogens with two attached hydrogens (primary N) is 1. The molecule has 0 radical (unpaired) electrons. The molecule has 0 spiro atoms. The molecule has 2 aromatic rings. The summed E-state index contributed by atoms with van der Waals surface area (Å²) < 4.78 is 0. The minimum absolute atomic E-state index is 0.0155. The van der Waals surface area contributed by atoms with Crippen LogP contribution in [0.25, 0.3) is 0 Å². The Morgan fingerprint density at radius 1 is 1.14 bits per heavy atom. The number of nitrogens with zero attached hydrogens (tertiary/aromatic N) is 1. The van der Waals surface area contributed by atoms with Gasteiger partial charge in [-0.1, -0.05) is 41.9 Å². The van der Waals surface area contributed by atoms with Crippen LogP contribution in [0.2, 0.25) is 5.02 Å².